The number of nitrogen functional groups attached to an aromatic ring is 1. The van der Waals surface area contributed by atoms with Crippen LogP contribution in [0.4, 0.5) is 19.6 Å². The molecule has 7 heterocycles. The first-order valence-electron chi connectivity index (χ1n) is 26.5. The molecular formula is C58H57ClF2N12O7S. The lowest BCUT2D eigenvalue weighted by atomic mass is 9.96. The quantitative estimate of drug-likeness (QED) is 0.0550. The number of aliphatic hydroxyl groups excluding tert-OH is 2. The molecule has 23 heteroatoms. The molecule has 3 saturated heterocycles. The number of nitrogens with zero attached hydrogens (tertiary/aromatic N) is 9. The van der Waals surface area contributed by atoms with E-state index in [1.807, 2.05) is 45.0 Å². The van der Waals surface area contributed by atoms with Gasteiger partial charge in [0.15, 0.2) is 5.75 Å². The van der Waals surface area contributed by atoms with Gasteiger partial charge in [0.05, 0.1) is 52.5 Å². The van der Waals surface area contributed by atoms with Crippen molar-refractivity contribution < 1.29 is 42.8 Å². The first-order chi connectivity index (χ1) is 39.1. The number of anilines is 2. The number of thiophene rings is 1. The molecule has 3 fully saturated rings. The van der Waals surface area contributed by atoms with E-state index in [2.05, 4.69) is 36.9 Å². The monoisotopic (exact) mass is 1140 g/mol. The molecule has 0 saturated carbocycles. The summed E-state index contributed by atoms with van der Waals surface area (Å²) in [5.74, 6) is -1.50. The van der Waals surface area contributed by atoms with Crippen molar-refractivity contribution in [3.8, 4) is 51.3 Å². The van der Waals surface area contributed by atoms with Gasteiger partial charge in [0.1, 0.15) is 65.0 Å². The van der Waals surface area contributed by atoms with Crippen molar-refractivity contribution in [2.45, 2.75) is 82.6 Å². The third kappa shape index (κ3) is 10.7. The van der Waals surface area contributed by atoms with Crippen LogP contribution in [0.2, 0.25) is 5.02 Å². The number of fused-ring (bicyclic) bond motifs is 4. The number of aliphatic hydroxyl groups is 2. The van der Waals surface area contributed by atoms with Gasteiger partial charge >= 0.3 is 6.01 Å². The summed E-state index contributed by atoms with van der Waals surface area (Å²) in [6.45, 7) is 6.63. The molecule has 2 amide bonds. The lowest BCUT2D eigenvalue weighted by Crippen LogP contribution is -2.50. The number of hydrogen-bond acceptors (Lipinski definition) is 17. The highest BCUT2D eigenvalue weighted by Crippen LogP contribution is 2.50. The molecule has 8 aromatic rings. The number of carbonyl (C=O) groups excluding carboxylic acids is 2. The standard InChI is InChI=1S/C58H57ClF2N12O7S/c1-29(2)51(57(77)72-24-37(75)18-47(72)56(76)66-46(26-74)34-11-9-32(10-12-34)38-15-16-64-22-44(38)61)73-25-45(69-70-73)33-7-5-31(6-8-33)28-79-52-49(39-13-14-43(60)53-48(39)41(20-62)54(63)81-53)42(59)19-40-50(52)67-58(80-27-30(3)78-4)68-55(40)71-23-35-17-36(71)21-65-35/h5-16,19,22,25,29-30,35-37,46-47,51,65,74-75H,17-18,21,23-24,26-28,63H2,1-4H3,(H,66,76)/t30-,35-,36-,37+,46-,47-,51-/m0/s1. The molecule has 0 radical (unpaired) electrons. The third-order valence-electron chi connectivity index (χ3n) is 15.3. The highest BCUT2D eigenvalue weighted by molar-refractivity contribution is 7.23. The average molecular weight is 1140 g/mol. The van der Waals surface area contributed by atoms with E-state index in [1.165, 1.54) is 21.8 Å². The summed E-state index contributed by atoms with van der Waals surface area (Å²) in [4.78, 5) is 45.8. The molecule has 81 heavy (non-hydrogen) atoms. The largest absolute Gasteiger partial charge is 0.486 e. The number of benzene rings is 4. The molecule has 0 spiro atoms. The van der Waals surface area contributed by atoms with Crippen LogP contribution in [0.1, 0.15) is 62.4 Å². The molecule has 0 unspecified atom stereocenters. The second kappa shape index (κ2) is 22.9. The Kier molecular flexibility index (Phi) is 15.6. The molecule has 19 nitrogen and oxygen atoms in total. The summed E-state index contributed by atoms with van der Waals surface area (Å²) in [5.41, 5.74) is 11.0. The van der Waals surface area contributed by atoms with E-state index in [0.717, 1.165) is 36.1 Å². The van der Waals surface area contributed by atoms with Crippen molar-refractivity contribution in [2.24, 2.45) is 5.92 Å². The van der Waals surface area contributed by atoms with E-state index in [4.69, 9.17) is 41.5 Å². The molecule has 4 aromatic heterocycles. The Hall–Kier alpha value is -7.91. The molecule has 11 rings (SSSR count). The van der Waals surface area contributed by atoms with Crippen molar-refractivity contribution in [3.63, 3.8) is 0 Å². The number of methoxy groups -OCH3 is 1. The Morgan fingerprint density at radius 1 is 1.00 bits per heavy atom. The summed E-state index contributed by atoms with van der Waals surface area (Å²) >= 11 is 8.34. The Morgan fingerprint density at radius 3 is 2.47 bits per heavy atom. The van der Waals surface area contributed by atoms with Crippen LogP contribution in [0.15, 0.2) is 91.4 Å². The van der Waals surface area contributed by atoms with Crippen LogP contribution in [0, 0.1) is 28.9 Å². The number of nitriles is 1. The minimum atomic E-state index is -1.06. The van der Waals surface area contributed by atoms with Gasteiger partial charge in [-0.2, -0.15) is 15.2 Å². The van der Waals surface area contributed by atoms with E-state index >= 15 is 4.39 Å². The van der Waals surface area contributed by atoms with Gasteiger partial charge in [-0.3, -0.25) is 14.6 Å². The van der Waals surface area contributed by atoms with Gasteiger partial charge in [-0.1, -0.05) is 85.3 Å². The number of carbonyl (C=O) groups is 2. The first-order valence-corrected chi connectivity index (χ1v) is 27.7. The van der Waals surface area contributed by atoms with E-state index in [9.17, 15) is 29.5 Å². The average Bonchev–Trinajstić information content (AvgIpc) is 4.54. The fourth-order valence-corrected chi connectivity index (χ4v) is 12.3. The summed E-state index contributed by atoms with van der Waals surface area (Å²) < 4.78 is 50.2. The number of rotatable bonds is 18. The number of likely N-dealkylation sites (tertiary alicyclic amines) is 1. The third-order valence-corrected chi connectivity index (χ3v) is 16.6. The number of aromatic nitrogens is 6. The van der Waals surface area contributed by atoms with E-state index < -0.39 is 54.3 Å². The van der Waals surface area contributed by atoms with Crippen LogP contribution in [0.5, 0.6) is 11.8 Å². The molecular weight excluding hydrogens is 1080 g/mol. The Balaban J connectivity index is 0.863. The van der Waals surface area contributed by atoms with Gasteiger partial charge in [0.2, 0.25) is 11.8 Å². The Morgan fingerprint density at radius 2 is 1.78 bits per heavy atom. The van der Waals surface area contributed by atoms with Gasteiger partial charge < -0.3 is 50.6 Å². The highest BCUT2D eigenvalue weighted by Gasteiger charge is 2.44. The Labute approximate surface area is 473 Å². The second-order valence-electron chi connectivity index (χ2n) is 20.9. The van der Waals surface area contributed by atoms with Crippen molar-refractivity contribution in [1.82, 2.24) is 45.5 Å². The normalized spacial score (nSPS) is 18.9. The highest BCUT2D eigenvalue weighted by atomic mass is 35.5. The molecule has 418 valence electrons. The molecule has 3 aliphatic rings. The minimum Gasteiger partial charge on any atom is -0.486 e. The van der Waals surface area contributed by atoms with Crippen LogP contribution < -0.4 is 30.7 Å². The summed E-state index contributed by atoms with van der Waals surface area (Å²) in [6, 6.07) is 20.2. The topological polar surface area (TPSA) is 252 Å². The van der Waals surface area contributed by atoms with Crippen molar-refractivity contribution in [2.75, 3.05) is 50.6 Å². The maximum Gasteiger partial charge on any atom is 0.319 e. The molecule has 4 aromatic carbocycles. The number of nitrogens with two attached hydrogens (primary N) is 1. The van der Waals surface area contributed by atoms with Crippen LogP contribution in [-0.2, 0) is 20.9 Å². The number of hydrogen-bond donors (Lipinski definition) is 5. The maximum atomic E-state index is 15.6. The SMILES string of the molecule is CO[C@@H](C)COc1nc(N2C[C@@H]3C[C@H]2CN3)c2cc(Cl)c(-c3ccc(F)c4sc(N)c(C#N)c34)c(OCc3ccc(-c4cn([C@H](C(=O)N5C[C@H](O)C[C@H]5C(=O)N[C@@H](CO)c5ccc(-c6ccncc6F)cc5)C(C)C)nn4)cc3)c2n1. The molecule has 2 bridgehead atoms. The fraction of sp³-hybridized carbons (Fsp3) is 0.345. The van der Waals surface area contributed by atoms with E-state index in [1.54, 1.807) is 55.8 Å². The lowest BCUT2D eigenvalue weighted by molar-refractivity contribution is -0.142. The number of ether oxygens (including phenoxy) is 3. The zero-order valence-electron chi connectivity index (χ0n) is 44.5. The predicted molar refractivity (Wildman–Crippen MR) is 301 cm³/mol. The lowest BCUT2D eigenvalue weighted by Gasteiger charge is -2.30. The number of nitrogens with one attached hydrogen (secondary N) is 2. The zero-order chi connectivity index (χ0) is 56.8. The molecule has 7 atom stereocenters. The van der Waals surface area contributed by atoms with Gasteiger partial charge in [-0.05, 0) is 59.7 Å². The smallest absolute Gasteiger partial charge is 0.319 e. The minimum absolute atomic E-state index is 0.00946. The summed E-state index contributed by atoms with van der Waals surface area (Å²) in [7, 11) is 1.59. The van der Waals surface area contributed by atoms with Gasteiger partial charge in [0.25, 0.3) is 0 Å². The second-order valence-corrected chi connectivity index (χ2v) is 22.4. The number of β-amino-alcohol motifs (C(OH)–C–C–N with tert-alkyl or cyclic N) is 1. The number of halogens is 3. The predicted octanol–water partition coefficient (Wildman–Crippen LogP) is 7.77. The Bertz CT molecular complexity index is 3730. The maximum absolute atomic E-state index is 15.6. The zero-order valence-corrected chi connectivity index (χ0v) is 46.1. The van der Waals surface area contributed by atoms with Crippen molar-refractivity contribution >= 4 is 66.6 Å². The molecule has 6 N–H and O–H groups in total. The van der Waals surface area contributed by atoms with Crippen LogP contribution in [0.25, 0.3) is 54.5 Å². The number of amides is 2. The van der Waals surface area contributed by atoms with Crippen LogP contribution in [0.3, 0.4) is 0 Å². The van der Waals surface area contributed by atoms with Crippen molar-refractivity contribution in [3.05, 3.63) is 125 Å². The number of pyridine rings is 1. The van der Waals surface area contributed by atoms with Gasteiger partial charge in [0, 0.05) is 78.9 Å². The first kappa shape index (κ1) is 55.0. The van der Waals surface area contributed by atoms with Gasteiger partial charge in [-0.15, -0.1) is 16.4 Å². The van der Waals surface area contributed by atoms with E-state index in [-0.39, 0.29) is 82.3 Å². The van der Waals surface area contributed by atoms with Crippen LogP contribution >= 0.6 is 22.9 Å². The molecule has 3 aliphatic heterocycles. The summed E-state index contributed by atoms with van der Waals surface area (Å²) in [6.07, 6.45) is 3.92. The number of piperazine rings is 1. The van der Waals surface area contributed by atoms with E-state index in [0.29, 0.717) is 67.7 Å². The molecule has 0 aliphatic carbocycles. The fourth-order valence-electron chi connectivity index (χ4n) is 11.1. The van der Waals surface area contributed by atoms with Gasteiger partial charge in [-0.25, -0.2) is 13.5 Å². The van der Waals surface area contributed by atoms with Crippen LogP contribution in [-0.4, -0.2) is 127 Å². The van der Waals surface area contributed by atoms with Crippen molar-refractivity contribution in [1.29, 1.82) is 5.26 Å². The summed E-state index contributed by atoms with van der Waals surface area (Å²) in [5, 5.41) is 48.1.